The summed E-state index contributed by atoms with van der Waals surface area (Å²) < 4.78 is 0. The molecule has 0 spiro atoms. The third-order valence-electron chi connectivity index (χ3n) is 1.96. The van der Waals surface area contributed by atoms with Gasteiger partial charge in [0.1, 0.15) is 0 Å². The van der Waals surface area contributed by atoms with E-state index in [0.29, 0.717) is 18.2 Å². The Hall–Kier alpha value is -0.220. The normalized spacial score (nSPS) is 20.0. The van der Waals surface area contributed by atoms with Crippen LogP contribution in [0.3, 0.4) is 0 Å². The number of alkyl halides is 1. The fourth-order valence-corrected chi connectivity index (χ4v) is 1.39. The third kappa shape index (κ3) is 2.58. The molecule has 1 atom stereocenters. The van der Waals surface area contributed by atoms with Crippen LogP contribution in [-0.4, -0.2) is 5.88 Å². The maximum atomic E-state index is 8.39. The zero-order valence-corrected chi connectivity index (χ0v) is 6.77. The van der Waals surface area contributed by atoms with Crippen LogP contribution in [0, 0.1) is 23.2 Å². The van der Waals surface area contributed by atoms with E-state index in [2.05, 4.69) is 6.07 Å². The average Bonchev–Trinajstić information content (AvgIpc) is 2.71. The molecular formula is C8H12ClN. The summed E-state index contributed by atoms with van der Waals surface area (Å²) in [6.45, 7) is 0. The Labute approximate surface area is 67.0 Å². The van der Waals surface area contributed by atoms with Gasteiger partial charge in [0.25, 0.3) is 0 Å². The van der Waals surface area contributed by atoms with Crippen molar-refractivity contribution in [2.24, 2.45) is 11.8 Å². The fraction of sp³-hybridized carbons (Fsp3) is 0.875. The Bertz CT molecular complexity index is 135. The first-order valence-corrected chi connectivity index (χ1v) is 4.33. The topological polar surface area (TPSA) is 23.8 Å². The average molecular weight is 158 g/mol. The highest BCUT2D eigenvalue weighted by Crippen LogP contribution is 2.36. The molecule has 0 amide bonds. The molecule has 0 aromatic rings. The molecule has 1 aliphatic rings. The highest BCUT2D eigenvalue weighted by molar-refractivity contribution is 6.18. The van der Waals surface area contributed by atoms with E-state index in [0.717, 1.165) is 5.92 Å². The van der Waals surface area contributed by atoms with Gasteiger partial charge in [0, 0.05) is 12.3 Å². The Morgan fingerprint density at radius 1 is 1.60 bits per heavy atom. The molecule has 0 saturated heterocycles. The second-order valence-electron chi connectivity index (χ2n) is 3.06. The minimum atomic E-state index is 0.458. The quantitative estimate of drug-likeness (QED) is 0.576. The van der Waals surface area contributed by atoms with Crippen LogP contribution in [-0.2, 0) is 0 Å². The number of hydrogen-bond donors (Lipinski definition) is 0. The van der Waals surface area contributed by atoms with Gasteiger partial charge in [-0.15, -0.1) is 11.6 Å². The molecule has 10 heavy (non-hydrogen) atoms. The molecule has 0 N–H and O–H groups in total. The summed E-state index contributed by atoms with van der Waals surface area (Å²) in [5, 5.41) is 8.39. The summed E-state index contributed by atoms with van der Waals surface area (Å²) in [4.78, 5) is 0. The molecule has 2 heteroatoms. The van der Waals surface area contributed by atoms with E-state index in [1.54, 1.807) is 0 Å². The Morgan fingerprint density at radius 3 is 2.70 bits per heavy atom. The van der Waals surface area contributed by atoms with Crippen molar-refractivity contribution in [2.75, 3.05) is 5.88 Å². The van der Waals surface area contributed by atoms with E-state index in [9.17, 15) is 0 Å². The Kier molecular flexibility index (Phi) is 3.02. The van der Waals surface area contributed by atoms with Gasteiger partial charge in [0.05, 0.1) is 6.07 Å². The highest BCUT2D eigenvalue weighted by atomic mass is 35.5. The van der Waals surface area contributed by atoms with Gasteiger partial charge in [-0.05, 0) is 18.3 Å². The summed E-state index contributed by atoms with van der Waals surface area (Å²) in [6.07, 6.45) is 4.54. The van der Waals surface area contributed by atoms with Gasteiger partial charge in [0.15, 0.2) is 0 Å². The van der Waals surface area contributed by atoms with Gasteiger partial charge >= 0.3 is 0 Å². The molecule has 1 saturated carbocycles. The van der Waals surface area contributed by atoms with Gasteiger partial charge in [-0.1, -0.05) is 12.8 Å². The standard InChI is InChI=1S/C8H12ClN/c9-6-8(3-4-10)5-7-1-2-7/h7-8H,1-3,5-6H2. The van der Waals surface area contributed by atoms with Crippen molar-refractivity contribution in [3.05, 3.63) is 0 Å². The van der Waals surface area contributed by atoms with Crippen molar-refractivity contribution in [1.82, 2.24) is 0 Å². The van der Waals surface area contributed by atoms with Crippen LogP contribution in [0.5, 0.6) is 0 Å². The van der Waals surface area contributed by atoms with Gasteiger partial charge < -0.3 is 0 Å². The summed E-state index contributed by atoms with van der Waals surface area (Å²) in [6, 6.07) is 2.17. The van der Waals surface area contributed by atoms with Crippen molar-refractivity contribution in [3.8, 4) is 6.07 Å². The second kappa shape index (κ2) is 3.83. The first-order valence-electron chi connectivity index (χ1n) is 3.79. The van der Waals surface area contributed by atoms with Crippen LogP contribution in [0.15, 0.2) is 0 Å². The lowest BCUT2D eigenvalue weighted by molar-refractivity contribution is 0.512. The molecular weight excluding hydrogens is 146 g/mol. The smallest absolute Gasteiger partial charge is 0.0625 e. The van der Waals surface area contributed by atoms with Gasteiger partial charge in [0.2, 0.25) is 0 Å². The largest absolute Gasteiger partial charge is 0.198 e. The van der Waals surface area contributed by atoms with Gasteiger partial charge in [-0.3, -0.25) is 0 Å². The molecule has 0 radical (unpaired) electrons. The molecule has 1 aliphatic carbocycles. The maximum absolute atomic E-state index is 8.39. The molecule has 0 aliphatic heterocycles. The predicted molar refractivity (Wildman–Crippen MR) is 41.8 cm³/mol. The zero-order chi connectivity index (χ0) is 7.40. The molecule has 0 bridgehead atoms. The SMILES string of the molecule is N#CCC(CCl)CC1CC1. The summed E-state index contributed by atoms with van der Waals surface area (Å²) in [5.41, 5.74) is 0. The van der Waals surface area contributed by atoms with Crippen LogP contribution >= 0.6 is 11.6 Å². The highest BCUT2D eigenvalue weighted by Gasteiger charge is 2.24. The summed E-state index contributed by atoms with van der Waals surface area (Å²) in [5.74, 6) is 2.01. The lowest BCUT2D eigenvalue weighted by atomic mass is 10.0. The van der Waals surface area contributed by atoms with Crippen LogP contribution in [0.1, 0.15) is 25.7 Å². The number of rotatable bonds is 4. The van der Waals surface area contributed by atoms with Gasteiger partial charge in [-0.2, -0.15) is 5.26 Å². The minimum absolute atomic E-state index is 0.458. The van der Waals surface area contributed by atoms with Crippen LogP contribution in [0.4, 0.5) is 0 Å². The van der Waals surface area contributed by atoms with Crippen LogP contribution in [0.2, 0.25) is 0 Å². The number of nitriles is 1. The molecule has 1 rings (SSSR count). The summed E-state index contributed by atoms with van der Waals surface area (Å²) >= 11 is 5.67. The molecule has 0 heterocycles. The fourth-order valence-electron chi connectivity index (χ4n) is 1.15. The van der Waals surface area contributed by atoms with Crippen molar-refractivity contribution < 1.29 is 0 Å². The number of hydrogen-bond acceptors (Lipinski definition) is 1. The molecule has 0 aromatic carbocycles. The maximum Gasteiger partial charge on any atom is 0.0625 e. The Morgan fingerprint density at radius 2 is 2.30 bits per heavy atom. The monoisotopic (exact) mass is 157 g/mol. The minimum Gasteiger partial charge on any atom is -0.198 e. The predicted octanol–water partition coefficient (Wildman–Crippen LogP) is 2.56. The zero-order valence-electron chi connectivity index (χ0n) is 6.02. The molecule has 1 fully saturated rings. The second-order valence-corrected chi connectivity index (χ2v) is 3.37. The number of halogens is 1. The first kappa shape index (κ1) is 7.88. The molecule has 1 nitrogen and oxygen atoms in total. The van der Waals surface area contributed by atoms with E-state index in [1.807, 2.05) is 0 Å². The third-order valence-corrected chi connectivity index (χ3v) is 2.40. The molecule has 56 valence electrons. The van der Waals surface area contributed by atoms with E-state index in [4.69, 9.17) is 16.9 Å². The van der Waals surface area contributed by atoms with Crippen LogP contribution < -0.4 is 0 Å². The van der Waals surface area contributed by atoms with Crippen molar-refractivity contribution in [3.63, 3.8) is 0 Å². The lowest BCUT2D eigenvalue weighted by Gasteiger charge is -2.06. The Balaban J connectivity index is 2.12. The van der Waals surface area contributed by atoms with E-state index in [1.165, 1.54) is 19.3 Å². The molecule has 0 aromatic heterocycles. The van der Waals surface area contributed by atoms with E-state index >= 15 is 0 Å². The molecule has 1 unspecified atom stereocenters. The summed E-state index contributed by atoms with van der Waals surface area (Å²) in [7, 11) is 0. The number of nitrogens with zero attached hydrogens (tertiary/aromatic N) is 1. The van der Waals surface area contributed by atoms with Crippen LogP contribution in [0.25, 0.3) is 0 Å². The van der Waals surface area contributed by atoms with Crippen molar-refractivity contribution in [2.45, 2.75) is 25.7 Å². The van der Waals surface area contributed by atoms with E-state index < -0.39 is 0 Å². The van der Waals surface area contributed by atoms with Crippen molar-refractivity contribution >= 4 is 11.6 Å². The van der Waals surface area contributed by atoms with E-state index in [-0.39, 0.29) is 0 Å². The first-order chi connectivity index (χ1) is 4.86. The van der Waals surface area contributed by atoms with Gasteiger partial charge in [-0.25, -0.2) is 0 Å². The van der Waals surface area contributed by atoms with Crippen molar-refractivity contribution in [1.29, 1.82) is 5.26 Å². The lowest BCUT2D eigenvalue weighted by Crippen LogP contribution is -2.01.